The Morgan fingerprint density at radius 3 is 1.27 bits per heavy atom. The van der Waals surface area contributed by atoms with Gasteiger partial charge < -0.3 is 0 Å². The first kappa shape index (κ1) is 18.8. The van der Waals surface area contributed by atoms with E-state index in [1.54, 1.807) is 0 Å². The molecule has 0 heterocycles. The van der Waals surface area contributed by atoms with E-state index in [2.05, 4.69) is 0 Å². The van der Waals surface area contributed by atoms with Gasteiger partial charge in [-0.2, -0.15) is 52.7 Å². The Morgan fingerprint density at radius 2 is 1.00 bits per heavy atom. The lowest BCUT2D eigenvalue weighted by atomic mass is 9.75. The summed E-state index contributed by atoms with van der Waals surface area (Å²) in [7, 11) is 0. The van der Waals surface area contributed by atoms with Gasteiger partial charge in [-0.05, 0) is 0 Å². The van der Waals surface area contributed by atoms with Gasteiger partial charge in [0.2, 0.25) is 0 Å². The third-order valence-corrected chi connectivity index (χ3v) is 2.74. The molecule has 1 rings (SSSR count). The summed E-state index contributed by atoms with van der Waals surface area (Å²) in [4.78, 5) is 0. The predicted molar refractivity (Wildman–Crippen MR) is 38.9 cm³/mol. The topological polar surface area (TPSA) is 0 Å². The lowest BCUT2D eigenvalue weighted by molar-refractivity contribution is -0.405. The molecule has 0 spiro atoms. The van der Waals surface area contributed by atoms with E-state index in [-0.39, 0.29) is 0 Å². The molecule has 22 heavy (non-hydrogen) atoms. The van der Waals surface area contributed by atoms with E-state index in [0.717, 1.165) is 0 Å². The first-order valence-electron chi connectivity index (χ1n) is 4.65. The van der Waals surface area contributed by atoms with Gasteiger partial charge in [0.05, 0.1) is 0 Å². The van der Waals surface area contributed by atoms with E-state index in [1.807, 2.05) is 0 Å². The molecule has 1 atom stereocenters. The highest BCUT2D eigenvalue weighted by molar-refractivity contribution is 5.41. The van der Waals surface area contributed by atoms with Crippen molar-refractivity contribution in [3.63, 3.8) is 0 Å². The summed E-state index contributed by atoms with van der Waals surface area (Å²) < 4.78 is 176. The van der Waals surface area contributed by atoms with E-state index in [9.17, 15) is 61.5 Å². The van der Waals surface area contributed by atoms with Gasteiger partial charge in [-0.15, -0.1) is 0 Å². The number of alkyl halides is 13. The molecule has 14 heteroatoms. The van der Waals surface area contributed by atoms with Crippen molar-refractivity contribution in [2.75, 3.05) is 0 Å². The van der Waals surface area contributed by atoms with E-state index in [0.29, 0.717) is 0 Å². The van der Waals surface area contributed by atoms with Crippen LogP contribution in [0, 0.1) is 0 Å². The minimum absolute atomic E-state index is 4.59. The van der Waals surface area contributed by atoms with Crippen LogP contribution in [0.3, 0.4) is 0 Å². The molecule has 0 bridgehead atoms. The molecule has 0 amide bonds. The second-order valence-corrected chi connectivity index (χ2v) is 4.07. The Morgan fingerprint density at radius 1 is 0.636 bits per heavy atom. The lowest BCUT2D eigenvalue weighted by Crippen LogP contribution is -2.75. The van der Waals surface area contributed by atoms with Crippen molar-refractivity contribution >= 4 is 0 Å². The molecule has 1 unspecified atom stereocenters. The van der Waals surface area contributed by atoms with Gasteiger partial charge in [-0.25, -0.2) is 8.78 Å². The summed E-state index contributed by atoms with van der Waals surface area (Å²) in [6.45, 7) is 0. The van der Waals surface area contributed by atoms with Crippen molar-refractivity contribution in [1.29, 1.82) is 0 Å². The Hall–Kier alpha value is -1.24. The van der Waals surface area contributed by atoms with Crippen LogP contribution in [0.1, 0.15) is 0 Å². The zero-order valence-corrected chi connectivity index (χ0v) is 9.29. The molecular weight excluding hydrogens is 362 g/mol. The maximum absolute atomic E-state index is 13.3. The van der Waals surface area contributed by atoms with Gasteiger partial charge in [0, 0.05) is 0 Å². The van der Waals surface area contributed by atoms with Crippen LogP contribution < -0.4 is 0 Å². The van der Waals surface area contributed by atoms with Crippen LogP contribution in [0.4, 0.5) is 61.5 Å². The molecule has 0 saturated heterocycles. The molecule has 130 valence electrons. The summed E-state index contributed by atoms with van der Waals surface area (Å²) >= 11 is 0. The highest BCUT2D eigenvalue weighted by Gasteiger charge is 2.94. The first-order chi connectivity index (χ1) is 9.28. The fraction of sp³-hybridized carbons (Fsp3) is 0.750. The summed E-state index contributed by atoms with van der Waals surface area (Å²) in [5, 5.41) is 0. The van der Waals surface area contributed by atoms with Crippen LogP contribution in [-0.2, 0) is 0 Å². The molecule has 0 aliphatic heterocycles. The van der Waals surface area contributed by atoms with Crippen molar-refractivity contribution in [2.45, 2.75) is 35.8 Å². The maximum atomic E-state index is 13.3. The molecule has 1 aliphatic carbocycles. The Bertz CT molecular complexity index is 504. The normalized spacial score (nSPS) is 31.4. The van der Waals surface area contributed by atoms with Crippen LogP contribution in [0.5, 0.6) is 0 Å². The number of hydrogen-bond acceptors (Lipinski definition) is 0. The Balaban J connectivity index is 4.02. The SMILES string of the molecule is FC1=C(C(F)(F)F)C(F)(F)C(F)(C(F)(F)F)C(F)(F)C1(F)F. The average Bonchev–Trinajstić information content (AvgIpc) is 2.21. The molecule has 1 aliphatic rings. The minimum atomic E-state index is -7.68. The van der Waals surface area contributed by atoms with Crippen LogP contribution in [-0.4, -0.2) is 35.8 Å². The van der Waals surface area contributed by atoms with Crippen LogP contribution in [0.2, 0.25) is 0 Å². The smallest absolute Gasteiger partial charge is 0.219 e. The molecule has 0 N–H and O–H groups in total. The molecular formula is C8F14. The fourth-order valence-electron chi connectivity index (χ4n) is 1.68. The highest BCUT2D eigenvalue weighted by Crippen LogP contribution is 2.67. The number of halogens is 14. The van der Waals surface area contributed by atoms with E-state index in [4.69, 9.17) is 0 Å². The largest absolute Gasteiger partial charge is 0.435 e. The fourth-order valence-corrected chi connectivity index (χ4v) is 1.68. The molecule has 0 radical (unpaired) electrons. The van der Waals surface area contributed by atoms with Crippen molar-refractivity contribution in [1.82, 2.24) is 0 Å². The predicted octanol–water partition coefficient (Wildman–Crippen LogP) is 4.96. The van der Waals surface area contributed by atoms with E-state index in [1.165, 1.54) is 0 Å². The van der Waals surface area contributed by atoms with Gasteiger partial charge in [0.1, 0.15) is 5.57 Å². The second kappa shape index (κ2) is 4.19. The lowest BCUT2D eigenvalue weighted by Gasteiger charge is -2.46. The van der Waals surface area contributed by atoms with Crippen molar-refractivity contribution in [3.8, 4) is 0 Å². The third kappa shape index (κ3) is 1.84. The highest BCUT2D eigenvalue weighted by atomic mass is 19.4. The van der Waals surface area contributed by atoms with Crippen LogP contribution >= 0.6 is 0 Å². The number of hydrogen-bond donors (Lipinski definition) is 0. The van der Waals surface area contributed by atoms with Crippen LogP contribution in [0.15, 0.2) is 11.4 Å². The monoisotopic (exact) mass is 362 g/mol. The second-order valence-electron chi connectivity index (χ2n) is 4.07. The molecule has 0 saturated carbocycles. The third-order valence-electron chi connectivity index (χ3n) is 2.74. The maximum Gasteiger partial charge on any atom is 0.435 e. The van der Waals surface area contributed by atoms with E-state index >= 15 is 0 Å². The van der Waals surface area contributed by atoms with Crippen molar-refractivity contribution < 1.29 is 61.5 Å². The number of rotatable bonds is 0. The van der Waals surface area contributed by atoms with Gasteiger partial charge in [-0.1, -0.05) is 0 Å². The standard InChI is InChI=1S/C8F14/c9-2-1(5(14,15)16)3(10,11)6(17,8(20,21)22)7(18,19)4(2,12)13. The van der Waals surface area contributed by atoms with Gasteiger partial charge in [0.15, 0.2) is 5.83 Å². The van der Waals surface area contributed by atoms with Gasteiger partial charge >= 0.3 is 35.8 Å². The van der Waals surface area contributed by atoms with Gasteiger partial charge in [-0.3, -0.25) is 0 Å². The quantitative estimate of drug-likeness (QED) is 0.535. The summed E-state index contributed by atoms with van der Waals surface area (Å²) in [6, 6.07) is 0. The zero-order valence-electron chi connectivity index (χ0n) is 9.29. The summed E-state index contributed by atoms with van der Waals surface area (Å²) in [6.07, 6.45) is -14.6. The van der Waals surface area contributed by atoms with E-state index < -0.39 is 47.2 Å². The Labute approximate surface area is 110 Å². The molecule has 0 nitrogen and oxygen atoms in total. The van der Waals surface area contributed by atoms with Gasteiger partial charge in [0.25, 0.3) is 0 Å². The average molecular weight is 362 g/mol. The molecule has 0 fully saturated rings. The summed E-state index contributed by atoms with van der Waals surface area (Å²) in [5.41, 5.74) is -12.3. The molecule has 0 aromatic heterocycles. The molecule has 0 aromatic rings. The van der Waals surface area contributed by atoms with Crippen molar-refractivity contribution in [3.05, 3.63) is 11.4 Å². The molecule has 0 aromatic carbocycles. The summed E-state index contributed by atoms with van der Waals surface area (Å²) in [5.74, 6) is -26.6. The van der Waals surface area contributed by atoms with Crippen molar-refractivity contribution in [2.24, 2.45) is 0 Å². The first-order valence-corrected chi connectivity index (χ1v) is 4.65. The number of allylic oxidation sites excluding steroid dienone is 2. The van der Waals surface area contributed by atoms with Crippen LogP contribution in [0.25, 0.3) is 0 Å². The minimum Gasteiger partial charge on any atom is -0.219 e. The Kier molecular flexibility index (Phi) is 3.58. The zero-order chi connectivity index (χ0) is 18.2.